The van der Waals surface area contributed by atoms with Crippen molar-refractivity contribution in [1.29, 1.82) is 0 Å². The van der Waals surface area contributed by atoms with Crippen molar-refractivity contribution in [2.45, 2.75) is 25.3 Å². The standard InChI is InChI=1S/C13H18BrFN2/c14-12-8-10(3-4-13(12)15)5-7-17-6-1-2-11(16)9-17/h3-4,8,11H,1-2,5-7,9,16H2/t11-/m1/s1. The van der Waals surface area contributed by atoms with Crippen molar-refractivity contribution in [3.63, 3.8) is 0 Å². The first-order valence-electron chi connectivity index (χ1n) is 6.07. The summed E-state index contributed by atoms with van der Waals surface area (Å²) in [6, 6.07) is 5.55. The number of likely N-dealkylation sites (tertiary alicyclic amines) is 1. The van der Waals surface area contributed by atoms with Gasteiger partial charge in [0, 0.05) is 19.1 Å². The van der Waals surface area contributed by atoms with Gasteiger partial charge in [-0.15, -0.1) is 0 Å². The molecule has 94 valence electrons. The van der Waals surface area contributed by atoms with Crippen molar-refractivity contribution in [3.8, 4) is 0 Å². The highest BCUT2D eigenvalue weighted by atomic mass is 79.9. The summed E-state index contributed by atoms with van der Waals surface area (Å²) in [6.07, 6.45) is 3.28. The molecule has 4 heteroatoms. The molecule has 2 rings (SSSR count). The molecular weight excluding hydrogens is 283 g/mol. The summed E-state index contributed by atoms with van der Waals surface area (Å²) in [5.74, 6) is -0.200. The molecule has 1 aromatic carbocycles. The first-order valence-corrected chi connectivity index (χ1v) is 6.86. The molecule has 1 saturated heterocycles. The smallest absolute Gasteiger partial charge is 0.137 e. The first-order chi connectivity index (χ1) is 8.15. The second kappa shape index (κ2) is 5.94. The van der Waals surface area contributed by atoms with Crippen molar-refractivity contribution in [2.75, 3.05) is 19.6 Å². The van der Waals surface area contributed by atoms with Crippen LogP contribution in [0.15, 0.2) is 22.7 Å². The lowest BCUT2D eigenvalue weighted by Crippen LogP contribution is -2.43. The summed E-state index contributed by atoms with van der Waals surface area (Å²) in [5.41, 5.74) is 7.10. The van der Waals surface area contributed by atoms with Gasteiger partial charge in [0.25, 0.3) is 0 Å². The van der Waals surface area contributed by atoms with E-state index in [0.717, 1.165) is 38.0 Å². The molecule has 0 aromatic heterocycles. The van der Waals surface area contributed by atoms with Crippen molar-refractivity contribution < 1.29 is 4.39 Å². The third kappa shape index (κ3) is 3.76. The second-order valence-electron chi connectivity index (χ2n) is 4.70. The van der Waals surface area contributed by atoms with E-state index < -0.39 is 0 Å². The van der Waals surface area contributed by atoms with Crippen LogP contribution in [0.1, 0.15) is 18.4 Å². The molecule has 1 atom stereocenters. The molecule has 0 bridgehead atoms. The highest BCUT2D eigenvalue weighted by Crippen LogP contribution is 2.17. The summed E-state index contributed by atoms with van der Waals surface area (Å²) in [4.78, 5) is 2.39. The van der Waals surface area contributed by atoms with Crippen molar-refractivity contribution in [2.24, 2.45) is 5.73 Å². The largest absolute Gasteiger partial charge is 0.327 e. The van der Waals surface area contributed by atoms with Gasteiger partial charge in [0.15, 0.2) is 0 Å². The Hall–Kier alpha value is -0.450. The maximum absolute atomic E-state index is 13.1. The minimum atomic E-state index is -0.200. The SMILES string of the molecule is N[C@@H]1CCCN(CCc2ccc(F)c(Br)c2)C1. The number of nitrogens with zero attached hydrogens (tertiary/aromatic N) is 1. The van der Waals surface area contributed by atoms with Gasteiger partial charge in [-0.1, -0.05) is 6.07 Å². The van der Waals surface area contributed by atoms with Gasteiger partial charge in [-0.3, -0.25) is 0 Å². The van der Waals surface area contributed by atoms with Gasteiger partial charge in [-0.2, -0.15) is 0 Å². The second-order valence-corrected chi connectivity index (χ2v) is 5.56. The van der Waals surface area contributed by atoms with Crippen LogP contribution in [0.3, 0.4) is 0 Å². The Kier molecular flexibility index (Phi) is 4.54. The number of nitrogens with two attached hydrogens (primary N) is 1. The van der Waals surface area contributed by atoms with Crippen LogP contribution >= 0.6 is 15.9 Å². The van der Waals surface area contributed by atoms with Crippen LogP contribution in [-0.2, 0) is 6.42 Å². The molecule has 2 N–H and O–H groups in total. The van der Waals surface area contributed by atoms with Gasteiger partial charge in [0.1, 0.15) is 5.82 Å². The van der Waals surface area contributed by atoms with Crippen molar-refractivity contribution in [3.05, 3.63) is 34.1 Å². The number of hydrogen-bond donors (Lipinski definition) is 1. The predicted molar refractivity (Wildman–Crippen MR) is 71.5 cm³/mol. The van der Waals surface area contributed by atoms with Crippen LogP contribution < -0.4 is 5.73 Å². The van der Waals surface area contributed by atoms with Crippen LogP contribution in [0.25, 0.3) is 0 Å². The lowest BCUT2D eigenvalue weighted by molar-refractivity contribution is 0.211. The molecule has 1 heterocycles. The molecule has 0 unspecified atom stereocenters. The van der Waals surface area contributed by atoms with Gasteiger partial charge in [-0.25, -0.2) is 4.39 Å². The van der Waals surface area contributed by atoms with E-state index in [2.05, 4.69) is 20.8 Å². The van der Waals surface area contributed by atoms with Gasteiger partial charge in [0.2, 0.25) is 0 Å². The van der Waals surface area contributed by atoms with E-state index in [1.165, 1.54) is 12.5 Å². The van der Waals surface area contributed by atoms with Crippen LogP contribution in [0.4, 0.5) is 4.39 Å². The third-order valence-electron chi connectivity index (χ3n) is 3.24. The molecule has 1 aliphatic rings. The van der Waals surface area contributed by atoms with E-state index in [4.69, 9.17) is 5.73 Å². The summed E-state index contributed by atoms with van der Waals surface area (Å²) in [6.45, 7) is 3.13. The molecule has 1 aliphatic heterocycles. The number of halogens is 2. The molecule has 0 aliphatic carbocycles. The third-order valence-corrected chi connectivity index (χ3v) is 3.85. The molecule has 1 aromatic rings. The Labute approximate surface area is 110 Å². The molecule has 0 amide bonds. The lowest BCUT2D eigenvalue weighted by atomic mass is 10.1. The molecule has 0 spiro atoms. The van der Waals surface area contributed by atoms with Gasteiger partial charge in [0.05, 0.1) is 4.47 Å². The molecule has 2 nitrogen and oxygen atoms in total. The monoisotopic (exact) mass is 300 g/mol. The molecule has 0 saturated carbocycles. The van der Waals surface area contributed by atoms with E-state index in [1.807, 2.05) is 12.1 Å². The van der Waals surface area contributed by atoms with E-state index >= 15 is 0 Å². The predicted octanol–water partition coefficient (Wildman–Crippen LogP) is 2.55. The van der Waals surface area contributed by atoms with E-state index in [1.54, 1.807) is 0 Å². The van der Waals surface area contributed by atoms with E-state index in [-0.39, 0.29) is 5.82 Å². The number of benzene rings is 1. The normalized spacial score (nSPS) is 21.7. The summed E-state index contributed by atoms with van der Waals surface area (Å²) in [5, 5.41) is 0. The molecule has 1 fully saturated rings. The molecule has 17 heavy (non-hydrogen) atoms. The van der Waals surface area contributed by atoms with E-state index in [0.29, 0.717) is 10.5 Å². The van der Waals surface area contributed by atoms with E-state index in [9.17, 15) is 4.39 Å². The quantitative estimate of drug-likeness (QED) is 0.929. The van der Waals surface area contributed by atoms with Crippen molar-refractivity contribution >= 4 is 15.9 Å². The van der Waals surface area contributed by atoms with Crippen LogP contribution in [-0.4, -0.2) is 30.6 Å². The highest BCUT2D eigenvalue weighted by Gasteiger charge is 2.16. The summed E-state index contributed by atoms with van der Waals surface area (Å²) >= 11 is 3.21. The zero-order chi connectivity index (χ0) is 12.3. The fourth-order valence-electron chi connectivity index (χ4n) is 2.28. The zero-order valence-electron chi connectivity index (χ0n) is 9.83. The molecule has 0 radical (unpaired) electrons. The van der Waals surface area contributed by atoms with Gasteiger partial charge >= 0.3 is 0 Å². The number of rotatable bonds is 3. The average molecular weight is 301 g/mol. The molecular formula is C13H18BrFN2. The number of piperidine rings is 1. The topological polar surface area (TPSA) is 29.3 Å². The number of hydrogen-bond acceptors (Lipinski definition) is 2. The fourth-order valence-corrected chi connectivity index (χ4v) is 2.70. The first kappa shape index (κ1) is 13.0. The Balaban J connectivity index is 1.86. The Morgan fingerprint density at radius 2 is 2.29 bits per heavy atom. The van der Waals surface area contributed by atoms with Gasteiger partial charge < -0.3 is 10.6 Å². The minimum Gasteiger partial charge on any atom is -0.327 e. The lowest BCUT2D eigenvalue weighted by Gasteiger charge is -2.30. The van der Waals surface area contributed by atoms with Crippen LogP contribution in [0.2, 0.25) is 0 Å². The maximum Gasteiger partial charge on any atom is 0.137 e. The van der Waals surface area contributed by atoms with Gasteiger partial charge in [-0.05, 0) is 59.4 Å². The van der Waals surface area contributed by atoms with Crippen LogP contribution in [0, 0.1) is 5.82 Å². The highest BCUT2D eigenvalue weighted by molar-refractivity contribution is 9.10. The Morgan fingerprint density at radius 1 is 1.47 bits per heavy atom. The van der Waals surface area contributed by atoms with Crippen molar-refractivity contribution in [1.82, 2.24) is 4.90 Å². The fraction of sp³-hybridized carbons (Fsp3) is 0.538. The van der Waals surface area contributed by atoms with Crippen LogP contribution in [0.5, 0.6) is 0 Å². The zero-order valence-corrected chi connectivity index (χ0v) is 11.4. The Bertz CT molecular complexity index is 384. The minimum absolute atomic E-state index is 0.200. The maximum atomic E-state index is 13.1. The average Bonchev–Trinajstić information content (AvgIpc) is 2.31. The summed E-state index contributed by atoms with van der Waals surface area (Å²) < 4.78 is 13.6. The summed E-state index contributed by atoms with van der Waals surface area (Å²) in [7, 11) is 0. The Morgan fingerprint density at radius 3 is 3.00 bits per heavy atom.